The molecule has 0 aromatic carbocycles. The maximum atomic E-state index is 12.3. The lowest BCUT2D eigenvalue weighted by Gasteiger charge is -2.20. The Morgan fingerprint density at radius 2 is 1.23 bits per heavy atom. The monoisotopic (exact) mass is 866 g/mol. The maximum absolute atomic E-state index is 12.3. The molecule has 0 amide bonds. The number of carbonyl (C=O) groups is 5. The van der Waals surface area contributed by atoms with Gasteiger partial charge in [0.05, 0.1) is 25.3 Å². The summed E-state index contributed by atoms with van der Waals surface area (Å²) in [7, 11) is 11.4. The van der Waals surface area contributed by atoms with Crippen LogP contribution in [0, 0.1) is 0 Å². The van der Waals surface area contributed by atoms with Gasteiger partial charge in [-0.25, -0.2) is 9.59 Å². The second-order valence-electron chi connectivity index (χ2n) is 8.73. The van der Waals surface area contributed by atoms with Crippen LogP contribution in [0.1, 0.15) is 38.5 Å². The summed E-state index contributed by atoms with van der Waals surface area (Å²) in [5, 5.41) is 9.23. The second kappa shape index (κ2) is 26.4. The first-order chi connectivity index (χ1) is 20.4. The number of rotatable bonds is 26. The number of esters is 4. The molecule has 0 saturated carbocycles. The summed E-state index contributed by atoms with van der Waals surface area (Å²) in [5.41, 5.74) is -3.25. The van der Waals surface area contributed by atoms with Gasteiger partial charge in [0.25, 0.3) is 0 Å². The van der Waals surface area contributed by atoms with Crippen molar-refractivity contribution in [3.05, 3.63) is 25.3 Å². The van der Waals surface area contributed by atoms with E-state index in [-0.39, 0.29) is 32.8 Å². The van der Waals surface area contributed by atoms with E-state index in [1.165, 1.54) is 0 Å². The number of unbranched alkanes of at least 4 members (excludes halogenated alkanes) is 3. The molecular weight excluding hydrogens is 830 g/mol. The number of carboxylic acid groups (broad SMARTS) is 1. The fourth-order valence-corrected chi connectivity index (χ4v) is 5.97. The second-order valence-corrected chi connectivity index (χ2v) is 18.4. The predicted octanol–water partition coefficient (Wildman–Crippen LogP) is 3.93. The molecule has 12 nitrogen and oxygen atoms in total. The summed E-state index contributed by atoms with van der Waals surface area (Å²) in [6.07, 6.45) is 3.64. The van der Waals surface area contributed by atoms with Crippen molar-refractivity contribution < 1.29 is 57.5 Å². The van der Waals surface area contributed by atoms with Gasteiger partial charge in [0.15, 0.2) is 12.2 Å². The topological polar surface area (TPSA) is 161 Å². The summed E-state index contributed by atoms with van der Waals surface area (Å²) in [6, 6.07) is 0. The van der Waals surface area contributed by atoms with Gasteiger partial charge >= 0.3 is 29.8 Å². The molecule has 4 radical (unpaired) electrons. The molecule has 0 spiro atoms. The molecule has 0 bridgehead atoms. The number of ether oxygens (including phenoxy) is 6. The Balaban J connectivity index is 4.41. The SMILES string of the molecule is [B]P(I)CCC(=O)OC(COCCCCCCOCC(COC(=O)C=C)OC(=O)CC(C(=O)O)P([B])I)COC(=O)C=C. The first-order valence-corrected chi connectivity index (χ1v) is 21.8. The van der Waals surface area contributed by atoms with Crippen LogP contribution in [-0.4, -0.2) is 114 Å². The van der Waals surface area contributed by atoms with Gasteiger partial charge in [-0.1, -0.05) is 81.0 Å². The van der Waals surface area contributed by atoms with Crippen molar-refractivity contribution in [2.24, 2.45) is 0 Å². The Labute approximate surface area is 283 Å². The smallest absolute Gasteiger partial charge is 0.330 e. The molecular formula is C25H36B2I2O12P2. The summed E-state index contributed by atoms with van der Waals surface area (Å²) in [6.45, 7) is 6.97. The zero-order valence-electron chi connectivity index (χ0n) is 23.7. The van der Waals surface area contributed by atoms with Crippen LogP contribution in [0.4, 0.5) is 0 Å². The number of halogens is 2. The largest absolute Gasteiger partial charge is 0.481 e. The molecule has 0 heterocycles. The van der Waals surface area contributed by atoms with Gasteiger partial charge < -0.3 is 33.5 Å². The van der Waals surface area contributed by atoms with E-state index in [1.807, 2.05) is 0 Å². The molecule has 43 heavy (non-hydrogen) atoms. The molecule has 0 aliphatic heterocycles. The zero-order chi connectivity index (χ0) is 32.6. The van der Waals surface area contributed by atoms with E-state index >= 15 is 0 Å². The lowest BCUT2D eigenvalue weighted by atomic mass is 10.2. The van der Waals surface area contributed by atoms with Crippen molar-refractivity contribution in [3.63, 3.8) is 0 Å². The van der Waals surface area contributed by atoms with Crippen LogP contribution in [0.15, 0.2) is 25.3 Å². The molecule has 0 fully saturated rings. The van der Waals surface area contributed by atoms with Gasteiger partial charge in [0.1, 0.15) is 28.3 Å². The number of hydrogen-bond acceptors (Lipinski definition) is 11. The van der Waals surface area contributed by atoms with Crippen LogP contribution in [-0.2, 0) is 52.4 Å². The predicted molar refractivity (Wildman–Crippen MR) is 181 cm³/mol. The van der Waals surface area contributed by atoms with E-state index in [2.05, 4.69) is 35.2 Å². The summed E-state index contributed by atoms with van der Waals surface area (Å²) >= 11 is 3.85. The third-order valence-electron chi connectivity index (χ3n) is 5.16. The number of aliphatic carboxylic acids is 1. The minimum absolute atomic E-state index is 0.0556. The molecule has 0 aromatic heterocycles. The average molecular weight is 866 g/mol. The van der Waals surface area contributed by atoms with Crippen molar-refractivity contribution in [1.29, 1.82) is 0 Å². The Morgan fingerprint density at radius 1 is 0.767 bits per heavy atom. The first-order valence-electron chi connectivity index (χ1n) is 13.1. The number of hydrogen-bond donors (Lipinski definition) is 1. The van der Waals surface area contributed by atoms with Gasteiger partial charge in [-0.2, -0.15) is 0 Å². The van der Waals surface area contributed by atoms with Gasteiger partial charge in [-0.05, 0) is 19.0 Å². The molecule has 0 aliphatic rings. The summed E-state index contributed by atoms with van der Waals surface area (Å²) < 4.78 is 31.8. The highest BCUT2D eigenvalue weighted by Crippen LogP contribution is 2.46. The quantitative estimate of drug-likeness (QED) is 0.0254. The minimum atomic E-state index is -1.43. The fraction of sp³-hybridized carbons (Fsp3) is 0.640. The molecule has 0 aliphatic carbocycles. The van der Waals surface area contributed by atoms with Crippen LogP contribution in [0.25, 0.3) is 0 Å². The Kier molecular flexibility index (Phi) is 25.9. The maximum Gasteiger partial charge on any atom is 0.330 e. The van der Waals surface area contributed by atoms with E-state index < -0.39 is 65.0 Å². The van der Waals surface area contributed by atoms with Crippen molar-refractivity contribution in [3.8, 4) is 0 Å². The lowest BCUT2D eigenvalue weighted by Crippen LogP contribution is -2.32. The van der Waals surface area contributed by atoms with Crippen molar-refractivity contribution in [1.82, 2.24) is 0 Å². The van der Waals surface area contributed by atoms with Gasteiger partial charge in [-0.3, -0.25) is 14.4 Å². The normalized spacial score (nSPS) is 14.3. The minimum Gasteiger partial charge on any atom is -0.481 e. The highest BCUT2D eigenvalue weighted by atomic mass is 127. The molecule has 18 heteroatoms. The molecule has 0 aromatic rings. The molecule has 5 unspecified atom stereocenters. The Bertz CT molecular complexity index is 898. The number of carbonyl (C=O) groups excluding carboxylic acids is 4. The summed E-state index contributed by atoms with van der Waals surface area (Å²) in [5.74, 6) is -3.75. The first kappa shape index (κ1) is 42.2. The zero-order valence-corrected chi connectivity index (χ0v) is 29.8. The van der Waals surface area contributed by atoms with Crippen LogP contribution in [0.3, 0.4) is 0 Å². The fourth-order valence-electron chi connectivity index (χ4n) is 3.01. The van der Waals surface area contributed by atoms with Crippen molar-refractivity contribution in [2.45, 2.75) is 56.4 Å². The standard InChI is InChI=1S/C25H36B2I2O12P2/c1-3-21(30)38-16-18(40-23(32)9-12-42(26)28)14-36-10-7-5-6-8-11-37-15-19(17-39-22(31)4-2)41-24(33)13-20(25(34)35)43(27)29/h3-4,18-20H,1-2,5-17H2,(H,34,35). The van der Waals surface area contributed by atoms with Crippen LogP contribution < -0.4 is 0 Å². The molecule has 1 N–H and O–H groups in total. The molecule has 0 rings (SSSR count). The lowest BCUT2D eigenvalue weighted by molar-refractivity contribution is -0.161. The van der Waals surface area contributed by atoms with E-state index in [1.54, 1.807) is 22.0 Å². The van der Waals surface area contributed by atoms with E-state index in [9.17, 15) is 29.1 Å². The summed E-state index contributed by atoms with van der Waals surface area (Å²) in [4.78, 5) is 58.4. The van der Waals surface area contributed by atoms with Gasteiger partial charge in [0.2, 0.25) is 0 Å². The third kappa shape index (κ3) is 24.2. The Morgan fingerprint density at radius 3 is 1.63 bits per heavy atom. The van der Waals surface area contributed by atoms with Crippen LogP contribution in [0.5, 0.6) is 0 Å². The molecule has 5 atom stereocenters. The molecule has 238 valence electrons. The van der Waals surface area contributed by atoms with Gasteiger partial charge in [0, 0.05) is 31.8 Å². The highest BCUT2D eigenvalue weighted by molar-refractivity contribution is 14.2. The van der Waals surface area contributed by atoms with E-state index in [4.69, 9.17) is 43.6 Å². The molecule has 0 saturated heterocycles. The average Bonchev–Trinajstić information content (AvgIpc) is 2.95. The van der Waals surface area contributed by atoms with Gasteiger partial charge in [-0.15, -0.1) is 0 Å². The van der Waals surface area contributed by atoms with Crippen LogP contribution >= 0.6 is 55.0 Å². The van der Waals surface area contributed by atoms with Crippen LogP contribution in [0.2, 0.25) is 0 Å². The Hall–Kier alpha value is -0.800. The highest BCUT2D eigenvalue weighted by Gasteiger charge is 2.27. The number of carboxylic acids is 1. The third-order valence-corrected chi connectivity index (χ3v) is 10.3. The van der Waals surface area contributed by atoms with E-state index in [0.29, 0.717) is 25.8 Å². The van der Waals surface area contributed by atoms with Crippen molar-refractivity contribution >= 4 is 99.9 Å². The van der Waals surface area contributed by atoms with Crippen molar-refractivity contribution in [2.75, 3.05) is 45.8 Å². The van der Waals surface area contributed by atoms with E-state index in [0.717, 1.165) is 31.4 Å².